The van der Waals surface area contributed by atoms with Crippen molar-refractivity contribution in [1.82, 2.24) is 5.32 Å². The number of carbonyl (C=O) groups is 2. The Hall–Kier alpha value is -3.19. The van der Waals surface area contributed by atoms with Crippen molar-refractivity contribution in [2.75, 3.05) is 23.3 Å². The summed E-state index contributed by atoms with van der Waals surface area (Å²) in [6.07, 6.45) is 2.13. The Morgan fingerprint density at radius 3 is 2.43 bits per heavy atom. The van der Waals surface area contributed by atoms with E-state index in [0.29, 0.717) is 22.7 Å². The van der Waals surface area contributed by atoms with Crippen LogP contribution in [0.4, 0.5) is 15.8 Å². The predicted molar refractivity (Wildman–Crippen MR) is 118 cm³/mol. The Kier molecular flexibility index (Phi) is 6.09. The Morgan fingerprint density at radius 1 is 0.967 bits per heavy atom. The summed E-state index contributed by atoms with van der Waals surface area (Å²) in [5.41, 5.74) is 2.24. The fraction of sp³-hybridized carbons (Fsp3) is 0.217. The van der Waals surface area contributed by atoms with Crippen molar-refractivity contribution in [3.63, 3.8) is 0 Å². The molecular formula is C23H22FN3O2S. The number of halogens is 1. The van der Waals surface area contributed by atoms with Gasteiger partial charge in [0.25, 0.3) is 11.8 Å². The highest BCUT2D eigenvalue weighted by Gasteiger charge is 2.20. The molecule has 2 amide bonds. The normalized spacial score (nSPS) is 13.3. The molecule has 5 nitrogen and oxygen atoms in total. The summed E-state index contributed by atoms with van der Waals surface area (Å²) in [6, 6.07) is 15.4. The first-order valence-corrected chi connectivity index (χ1v) is 10.8. The fourth-order valence-electron chi connectivity index (χ4n) is 3.49. The van der Waals surface area contributed by atoms with E-state index in [-0.39, 0.29) is 17.5 Å². The van der Waals surface area contributed by atoms with Crippen LogP contribution in [0.2, 0.25) is 0 Å². The van der Waals surface area contributed by atoms with E-state index < -0.39 is 5.82 Å². The number of amides is 2. The Balaban J connectivity index is 1.41. The minimum absolute atomic E-state index is 0.124. The molecular weight excluding hydrogens is 401 g/mol. The molecule has 0 bridgehead atoms. The van der Waals surface area contributed by atoms with Crippen LogP contribution >= 0.6 is 11.3 Å². The molecule has 4 rings (SSSR count). The van der Waals surface area contributed by atoms with E-state index in [0.717, 1.165) is 31.5 Å². The molecule has 1 aliphatic rings. The Morgan fingerprint density at radius 2 is 1.73 bits per heavy atom. The van der Waals surface area contributed by atoms with Crippen LogP contribution < -0.4 is 15.5 Å². The van der Waals surface area contributed by atoms with E-state index in [9.17, 15) is 14.0 Å². The van der Waals surface area contributed by atoms with E-state index in [2.05, 4.69) is 15.5 Å². The van der Waals surface area contributed by atoms with E-state index in [4.69, 9.17) is 0 Å². The van der Waals surface area contributed by atoms with Crippen LogP contribution in [0.1, 0.15) is 38.4 Å². The standard InChI is InChI=1S/C23H22FN3O2S/c24-18-5-3-6-19(27-12-1-2-13-27)21(18)26-22(28)17-10-8-16(9-11-17)15-25-23(29)20-7-4-14-30-20/h3-11,14H,1-2,12-13,15H2,(H,25,29)(H,26,28). The predicted octanol–water partition coefficient (Wildman–Crippen LogP) is 4.67. The Labute approximate surface area is 178 Å². The largest absolute Gasteiger partial charge is 0.370 e. The van der Waals surface area contributed by atoms with Gasteiger partial charge >= 0.3 is 0 Å². The molecule has 0 saturated carbocycles. The summed E-state index contributed by atoms with van der Waals surface area (Å²) in [5, 5.41) is 7.44. The van der Waals surface area contributed by atoms with Crippen LogP contribution in [0, 0.1) is 5.82 Å². The van der Waals surface area contributed by atoms with Gasteiger partial charge in [-0.05, 0) is 54.1 Å². The minimum atomic E-state index is -0.444. The SMILES string of the molecule is O=C(Nc1c(F)cccc1N1CCCC1)c1ccc(CNC(=O)c2cccs2)cc1. The zero-order valence-electron chi connectivity index (χ0n) is 16.4. The van der Waals surface area contributed by atoms with Crippen molar-refractivity contribution >= 4 is 34.5 Å². The topological polar surface area (TPSA) is 61.4 Å². The molecule has 7 heteroatoms. The summed E-state index contributed by atoms with van der Waals surface area (Å²) >= 11 is 1.39. The lowest BCUT2D eigenvalue weighted by Crippen LogP contribution is -2.22. The lowest BCUT2D eigenvalue weighted by atomic mass is 10.1. The molecule has 0 unspecified atom stereocenters. The van der Waals surface area contributed by atoms with Gasteiger partial charge in [0.2, 0.25) is 0 Å². The number of thiophene rings is 1. The monoisotopic (exact) mass is 423 g/mol. The fourth-order valence-corrected chi connectivity index (χ4v) is 4.14. The second-order valence-electron chi connectivity index (χ2n) is 7.14. The molecule has 2 heterocycles. The third-order valence-electron chi connectivity index (χ3n) is 5.09. The van der Waals surface area contributed by atoms with E-state index >= 15 is 0 Å². The minimum Gasteiger partial charge on any atom is -0.370 e. The quantitative estimate of drug-likeness (QED) is 0.606. The number of carbonyl (C=O) groups excluding carboxylic acids is 2. The molecule has 0 aliphatic carbocycles. The third-order valence-corrected chi connectivity index (χ3v) is 5.96. The summed E-state index contributed by atoms with van der Waals surface area (Å²) in [4.78, 5) is 27.5. The molecule has 30 heavy (non-hydrogen) atoms. The molecule has 1 aliphatic heterocycles. The number of nitrogens with zero attached hydrogens (tertiary/aromatic N) is 1. The smallest absolute Gasteiger partial charge is 0.261 e. The van der Waals surface area contributed by atoms with Crippen LogP contribution in [0.15, 0.2) is 60.0 Å². The van der Waals surface area contributed by atoms with E-state index in [1.54, 1.807) is 36.4 Å². The van der Waals surface area contributed by atoms with Crippen LogP contribution in [0.25, 0.3) is 0 Å². The van der Waals surface area contributed by atoms with Crippen molar-refractivity contribution in [1.29, 1.82) is 0 Å². The van der Waals surface area contributed by atoms with Crippen LogP contribution in [-0.4, -0.2) is 24.9 Å². The van der Waals surface area contributed by atoms with Gasteiger partial charge < -0.3 is 15.5 Å². The number of para-hydroxylation sites is 1. The first-order chi connectivity index (χ1) is 14.6. The lowest BCUT2D eigenvalue weighted by molar-refractivity contribution is 0.0953. The van der Waals surface area contributed by atoms with Crippen molar-refractivity contribution < 1.29 is 14.0 Å². The van der Waals surface area contributed by atoms with Gasteiger partial charge in [0.05, 0.1) is 10.6 Å². The highest BCUT2D eigenvalue weighted by molar-refractivity contribution is 7.12. The molecule has 1 aromatic heterocycles. The van der Waals surface area contributed by atoms with E-state index in [1.165, 1.54) is 17.4 Å². The molecule has 0 radical (unpaired) electrons. The zero-order valence-corrected chi connectivity index (χ0v) is 17.2. The molecule has 154 valence electrons. The second-order valence-corrected chi connectivity index (χ2v) is 8.09. The molecule has 2 N–H and O–H groups in total. The zero-order chi connectivity index (χ0) is 20.9. The molecule has 1 saturated heterocycles. The number of benzene rings is 2. The summed E-state index contributed by atoms with van der Waals surface area (Å²) in [6.45, 7) is 2.08. The molecule has 3 aromatic rings. The third kappa shape index (κ3) is 4.52. The molecule has 1 fully saturated rings. The Bertz CT molecular complexity index is 1030. The second kappa shape index (κ2) is 9.09. The van der Waals surface area contributed by atoms with Crippen LogP contribution in [0.3, 0.4) is 0 Å². The van der Waals surface area contributed by atoms with Crippen molar-refractivity contribution in [3.8, 4) is 0 Å². The average molecular weight is 424 g/mol. The molecule has 0 spiro atoms. The summed E-state index contributed by atoms with van der Waals surface area (Å²) in [5.74, 6) is -0.934. The average Bonchev–Trinajstić information content (AvgIpc) is 3.48. The van der Waals surface area contributed by atoms with Gasteiger partial charge in [-0.15, -0.1) is 11.3 Å². The van der Waals surface area contributed by atoms with Crippen molar-refractivity contribution in [2.45, 2.75) is 19.4 Å². The first-order valence-electron chi connectivity index (χ1n) is 9.87. The number of anilines is 2. The number of nitrogens with one attached hydrogen (secondary N) is 2. The van der Waals surface area contributed by atoms with Gasteiger partial charge in [0, 0.05) is 25.2 Å². The van der Waals surface area contributed by atoms with Crippen LogP contribution in [-0.2, 0) is 6.54 Å². The maximum atomic E-state index is 14.5. The van der Waals surface area contributed by atoms with Gasteiger partial charge in [-0.3, -0.25) is 9.59 Å². The number of rotatable bonds is 6. The van der Waals surface area contributed by atoms with Gasteiger partial charge in [0.1, 0.15) is 11.5 Å². The lowest BCUT2D eigenvalue weighted by Gasteiger charge is -2.22. The summed E-state index contributed by atoms with van der Waals surface area (Å²) < 4.78 is 14.5. The maximum absolute atomic E-state index is 14.5. The van der Waals surface area contributed by atoms with Gasteiger partial charge in [-0.25, -0.2) is 4.39 Å². The van der Waals surface area contributed by atoms with Crippen molar-refractivity contribution in [3.05, 3.63) is 81.8 Å². The summed E-state index contributed by atoms with van der Waals surface area (Å²) in [7, 11) is 0. The van der Waals surface area contributed by atoms with Crippen LogP contribution in [0.5, 0.6) is 0 Å². The van der Waals surface area contributed by atoms with Gasteiger partial charge in [-0.2, -0.15) is 0 Å². The number of hydrogen-bond acceptors (Lipinski definition) is 4. The van der Waals surface area contributed by atoms with Gasteiger partial charge in [-0.1, -0.05) is 24.3 Å². The maximum Gasteiger partial charge on any atom is 0.261 e. The first kappa shape index (κ1) is 20.1. The van der Waals surface area contributed by atoms with E-state index in [1.807, 2.05) is 17.5 Å². The van der Waals surface area contributed by atoms with Crippen molar-refractivity contribution in [2.24, 2.45) is 0 Å². The highest BCUT2D eigenvalue weighted by Crippen LogP contribution is 2.31. The number of hydrogen-bond donors (Lipinski definition) is 2. The van der Waals surface area contributed by atoms with Gasteiger partial charge in [0.15, 0.2) is 0 Å². The molecule has 0 atom stereocenters. The molecule has 2 aromatic carbocycles. The highest BCUT2D eigenvalue weighted by atomic mass is 32.1.